The van der Waals surface area contributed by atoms with Crippen LogP contribution in [0.2, 0.25) is 0 Å². The van der Waals surface area contributed by atoms with Crippen LogP contribution in [0.5, 0.6) is 0 Å². The third-order valence-corrected chi connectivity index (χ3v) is 1.51. The summed E-state index contributed by atoms with van der Waals surface area (Å²) >= 11 is 0. The maximum absolute atomic E-state index is 13.1. The highest BCUT2D eigenvalue weighted by molar-refractivity contribution is 6.00. The lowest BCUT2D eigenvalue weighted by atomic mass is 10.2. The number of halogens is 1. The van der Waals surface area contributed by atoms with E-state index in [4.69, 9.17) is 11.1 Å². The van der Waals surface area contributed by atoms with Gasteiger partial charge in [-0.25, -0.2) is 4.39 Å². The summed E-state index contributed by atoms with van der Waals surface area (Å²) in [5.41, 5.74) is 5.05. The summed E-state index contributed by atoms with van der Waals surface area (Å²) in [6.45, 7) is 0. The Kier molecular flexibility index (Phi) is 3.50. The highest BCUT2D eigenvalue weighted by Crippen LogP contribution is 2.07. The molecule has 0 bridgehead atoms. The van der Waals surface area contributed by atoms with Crippen LogP contribution in [0.4, 0.5) is 4.39 Å². The van der Waals surface area contributed by atoms with Crippen LogP contribution in [-0.4, -0.2) is 18.3 Å². The maximum atomic E-state index is 13.1. The van der Waals surface area contributed by atoms with Crippen LogP contribution < -0.4 is 5.73 Å². The first-order valence-corrected chi connectivity index (χ1v) is 3.93. The zero-order valence-electron chi connectivity index (χ0n) is 7.61. The highest BCUT2D eigenvalue weighted by Gasteiger charge is 2.09. The van der Waals surface area contributed by atoms with Crippen molar-refractivity contribution in [1.29, 1.82) is 5.41 Å². The van der Waals surface area contributed by atoms with Crippen molar-refractivity contribution in [2.45, 2.75) is 0 Å². The van der Waals surface area contributed by atoms with E-state index in [0.29, 0.717) is 0 Å². The molecule has 1 amide bonds. The third-order valence-electron chi connectivity index (χ3n) is 1.51. The average Bonchev–Trinajstić information content (AvgIpc) is 2.18. The quantitative estimate of drug-likeness (QED) is 0.425. The summed E-state index contributed by atoms with van der Waals surface area (Å²) < 4.78 is 17.7. The Morgan fingerprint density at radius 2 is 2.20 bits per heavy atom. The lowest BCUT2D eigenvalue weighted by molar-refractivity contribution is -0.106. The minimum atomic E-state index is -0.610. The average molecular weight is 209 g/mol. The monoisotopic (exact) mass is 209 g/mol. The zero-order valence-corrected chi connectivity index (χ0v) is 7.61. The van der Waals surface area contributed by atoms with E-state index >= 15 is 0 Å². The van der Waals surface area contributed by atoms with Gasteiger partial charge in [0.25, 0.3) is 6.02 Å². The van der Waals surface area contributed by atoms with Crippen molar-refractivity contribution in [3.8, 4) is 0 Å². The van der Waals surface area contributed by atoms with E-state index in [0.717, 1.165) is 0 Å². The lowest BCUT2D eigenvalue weighted by Crippen LogP contribution is -2.21. The molecule has 0 radical (unpaired) electrons. The Bertz CT molecular complexity index is 418. The molecule has 3 N–H and O–H groups in total. The molecule has 0 saturated carbocycles. The molecule has 0 fully saturated rings. The molecule has 6 heteroatoms. The molecule has 1 aromatic rings. The fraction of sp³-hybridized carbons (Fsp3) is 0. The number of amidine groups is 1. The molecular formula is C9H8FN3O2. The molecule has 0 unspecified atom stereocenters. The molecule has 0 heterocycles. The number of nitrogens with one attached hydrogen (secondary N) is 1. The molecule has 0 spiro atoms. The first kappa shape index (κ1) is 10.8. The molecule has 5 nitrogen and oxygen atoms in total. The largest absolute Gasteiger partial charge is 0.407 e. The molecule has 0 aliphatic carbocycles. The van der Waals surface area contributed by atoms with Crippen LogP contribution in [-0.2, 0) is 9.53 Å². The normalized spacial score (nSPS) is 10.9. The number of rotatable bonds is 2. The Balaban J connectivity index is 2.83. The fourth-order valence-corrected chi connectivity index (χ4v) is 0.883. The van der Waals surface area contributed by atoms with Crippen LogP contribution in [0.15, 0.2) is 29.3 Å². The SMILES string of the molecule is N=C(OC(N)=NC=O)c1ccccc1F. The number of carbonyl (C=O) groups is 1. The Hall–Kier alpha value is -2.24. The summed E-state index contributed by atoms with van der Waals surface area (Å²) in [7, 11) is 0. The predicted molar refractivity (Wildman–Crippen MR) is 52.0 cm³/mol. The summed E-state index contributed by atoms with van der Waals surface area (Å²) in [5.74, 6) is -1.11. The van der Waals surface area contributed by atoms with Gasteiger partial charge >= 0.3 is 0 Å². The van der Waals surface area contributed by atoms with E-state index in [2.05, 4.69) is 9.73 Å². The third kappa shape index (κ3) is 2.87. The second-order valence-corrected chi connectivity index (χ2v) is 2.48. The number of benzene rings is 1. The van der Waals surface area contributed by atoms with Crippen molar-refractivity contribution < 1.29 is 13.9 Å². The van der Waals surface area contributed by atoms with Gasteiger partial charge in [0.15, 0.2) is 0 Å². The molecule has 0 aromatic heterocycles. The lowest BCUT2D eigenvalue weighted by Gasteiger charge is -2.05. The second kappa shape index (κ2) is 4.85. The molecule has 78 valence electrons. The molecule has 1 aromatic carbocycles. The molecule has 0 aliphatic rings. The maximum Gasteiger partial charge on any atom is 0.296 e. The number of aliphatic imine (C=N–C) groups is 1. The summed E-state index contributed by atoms with van der Waals surface area (Å²) in [4.78, 5) is 13.0. The smallest absolute Gasteiger partial charge is 0.296 e. The van der Waals surface area contributed by atoms with Gasteiger partial charge in [-0.15, -0.1) is 0 Å². The number of carbonyl (C=O) groups excluding carboxylic acids is 1. The predicted octanol–water partition coefficient (Wildman–Crippen LogP) is 0.639. The van der Waals surface area contributed by atoms with Crippen LogP contribution in [0.25, 0.3) is 0 Å². The summed E-state index contributed by atoms with van der Waals surface area (Å²) in [6.07, 6.45) is 0.171. The van der Waals surface area contributed by atoms with Gasteiger partial charge in [0.05, 0.1) is 5.56 Å². The van der Waals surface area contributed by atoms with Crippen LogP contribution in [0, 0.1) is 11.2 Å². The van der Waals surface area contributed by atoms with Gasteiger partial charge in [0, 0.05) is 0 Å². The molecular weight excluding hydrogens is 201 g/mol. The molecule has 0 saturated heterocycles. The number of hydrogen-bond donors (Lipinski definition) is 2. The Morgan fingerprint density at radius 3 is 2.80 bits per heavy atom. The second-order valence-electron chi connectivity index (χ2n) is 2.48. The Labute approximate surface area is 84.9 Å². The van der Waals surface area contributed by atoms with Crippen molar-refractivity contribution in [3.05, 3.63) is 35.6 Å². The standard InChI is InChI=1S/C9H8FN3O2/c10-7-4-2-1-3-6(7)8(11)15-9(12)13-5-14/h1-5,11H,(H2,12,13,14). The van der Waals surface area contributed by atoms with Gasteiger partial charge < -0.3 is 10.5 Å². The molecule has 0 aliphatic heterocycles. The molecule has 1 rings (SSSR count). The number of amides is 1. The highest BCUT2D eigenvalue weighted by atomic mass is 19.1. The number of nitrogens with zero attached hydrogens (tertiary/aromatic N) is 1. The van der Waals surface area contributed by atoms with E-state index in [9.17, 15) is 9.18 Å². The van der Waals surface area contributed by atoms with Gasteiger partial charge in [0.1, 0.15) is 5.82 Å². The van der Waals surface area contributed by atoms with Crippen LogP contribution in [0.3, 0.4) is 0 Å². The topological polar surface area (TPSA) is 88.5 Å². The van der Waals surface area contributed by atoms with E-state index in [1.807, 2.05) is 0 Å². The molecule has 15 heavy (non-hydrogen) atoms. The van der Waals surface area contributed by atoms with Gasteiger partial charge in [-0.05, 0) is 12.1 Å². The Morgan fingerprint density at radius 1 is 1.53 bits per heavy atom. The van der Waals surface area contributed by atoms with Crippen LogP contribution in [0.1, 0.15) is 5.56 Å². The van der Waals surface area contributed by atoms with Gasteiger partial charge in [0.2, 0.25) is 12.3 Å². The van der Waals surface area contributed by atoms with Gasteiger partial charge in [-0.1, -0.05) is 12.1 Å². The number of ether oxygens (including phenoxy) is 1. The summed E-state index contributed by atoms with van der Waals surface area (Å²) in [6, 6.07) is 5.06. The van der Waals surface area contributed by atoms with Crippen molar-refractivity contribution in [1.82, 2.24) is 0 Å². The van der Waals surface area contributed by atoms with Crippen molar-refractivity contribution in [3.63, 3.8) is 0 Å². The van der Waals surface area contributed by atoms with E-state index in [-0.39, 0.29) is 12.0 Å². The first-order valence-electron chi connectivity index (χ1n) is 3.93. The van der Waals surface area contributed by atoms with Crippen molar-refractivity contribution >= 4 is 18.3 Å². The molecule has 0 atom stereocenters. The number of hydrogen-bond acceptors (Lipinski definition) is 3. The fourth-order valence-electron chi connectivity index (χ4n) is 0.883. The van der Waals surface area contributed by atoms with Gasteiger partial charge in [-0.3, -0.25) is 10.2 Å². The number of nitrogens with two attached hydrogens (primary N) is 1. The zero-order chi connectivity index (χ0) is 11.3. The van der Waals surface area contributed by atoms with E-state index in [1.54, 1.807) is 6.07 Å². The minimum Gasteiger partial charge on any atom is -0.407 e. The van der Waals surface area contributed by atoms with Crippen molar-refractivity contribution in [2.24, 2.45) is 10.7 Å². The van der Waals surface area contributed by atoms with Gasteiger partial charge in [-0.2, -0.15) is 4.99 Å². The van der Waals surface area contributed by atoms with E-state index < -0.39 is 17.7 Å². The van der Waals surface area contributed by atoms with E-state index in [1.165, 1.54) is 18.2 Å². The van der Waals surface area contributed by atoms with Crippen LogP contribution >= 0.6 is 0 Å². The first-order chi connectivity index (χ1) is 7.15. The van der Waals surface area contributed by atoms with Crippen molar-refractivity contribution in [2.75, 3.05) is 0 Å². The minimum absolute atomic E-state index is 0.0541. The summed E-state index contributed by atoms with van der Waals surface area (Å²) in [5, 5.41) is 7.34.